The zero-order valence-electron chi connectivity index (χ0n) is 13.5. The van der Waals surface area contributed by atoms with E-state index in [0.717, 1.165) is 18.7 Å². The highest BCUT2D eigenvalue weighted by Gasteiger charge is 2.35. The highest BCUT2D eigenvalue weighted by molar-refractivity contribution is 5.38. The van der Waals surface area contributed by atoms with Crippen molar-refractivity contribution in [2.75, 3.05) is 20.7 Å². The van der Waals surface area contributed by atoms with E-state index < -0.39 is 0 Å². The Bertz CT molecular complexity index is 641. The number of ether oxygens (including phenoxy) is 1. The molecule has 0 saturated heterocycles. The van der Waals surface area contributed by atoms with Crippen LogP contribution in [0.25, 0.3) is 0 Å². The van der Waals surface area contributed by atoms with Gasteiger partial charge in [-0.15, -0.1) is 0 Å². The van der Waals surface area contributed by atoms with Crippen LogP contribution in [0.15, 0.2) is 48.5 Å². The summed E-state index contributed by atoms with van der Waals surface area (Å²) < 4.78 is 6.41. The molecule has 0 heterocycles. The van der Waals surface area contributed by atoms with Gasteiger partial charge in [0, 0.05) is 19.5 Å². The molecule has 0 radical (unpaired) electrons. The molecule has 2 aromatic carbocycles. The minimum absolute atomic E-state index is 0.0786. The lowest BCUT2D eigenvalue weighted by molar-refractivity contribution is -0.124. The Labute approximate surface area is 132 Å². The lowest BCUT2D eigenvalue weighted by Crippen LogP contribution is -2.29. The first-order valence-corrected chi connectivity index (χ1v) is 7.74. The number of para-hydroxylation sites is 1. The summed E-state index contributed by atoms with van der Waals surface area (Å²) in [6, 6.07) is 16.8. The standard InChI is InChI=1S/C19H23NO2/c1-14-8-4-7-11-18(14)22-19-16(13-20(2)21-3)12-15-9-5-6-10-17(15)19/h4-11,16,19H,12-13H2,1-3H3. The lowest BCUT2D eigenvalue weighted by atomic mass is 10.0. The van der Waals surface area contributed by atoms with Crippen molar-refractivity contribution in [2.45, 2.75) is 19.4 Å². The van der Waals surface area contributed by atoms with Crippen LogP contribution in [-0.2, 0) is 11.3 Å². The minimum Gasteiger partial charge on any atom is -0.485 e. The number of benzene rings is 2. The molecule has 0 aliphatic heterocycles. The van der Waals surface area contributed by atoms with Crippen LogP contribution in [0, 0.1) is 12.8 Å². The summed E-state index contributed by atoms with van der Waals surface area (Å²) in [6.45, 7) is 2.94. The second kappa shape index (κ2) is 6.51. The number of hydroxylamine groups is 2. The van der Waals surface area contributed by atoms with Crippen LogP contribution in [0.1, 0.15) is 22.8 Å². The van der Waals surface area contributed by atoms with E-state index >= 15 is 0 Å². The summed E-state index contributed by atoms with van der Waals surface area (Å²) >= 11 is 0. The fourth-order valence-corrected chi connectivity index (χ4v) is 3.19. The molecule has 2 atom stereocenters. The van der Waals surface area contributed by atoms with Crippen molar-refractivity contribution < 1.29 is 9.57 Å². The molecule has 0 bridgehead atoms. The van der Waals surface area contributed by atoms with E-state index in [1.54, 1.807) is 7.11 Å². The van der Waals surface area contributed by atoms with E-state index in [1.807, 2.05) is 30.3 Å². The number of hydrogen-bond donors (Lipinski definition) is 0. The van der Waals surface area contributed by atoms with Crippen LogP contribution in [0.2, 0.25) is 0 Å². The average molecular weight is 297 g/mol. The van der Waals surface area contributed by atoms with Gasteiger partial charge in [-0.1, -0.05) is 42.5 Å². The van der Waals surface area contributed by atoms with Crippen molar-refractivity contribution in [2.24, 2.45) is 5.92 Å². The molecule has 0 saturated carbocycles. The Morgan fingerprint density at radius 3 is 2.59 bits per heavy atom. The average Bonchev–Trinajstić information content (AvgIpc) is 2.87. The largest absolute Gasteiger partial charge is 0.485 e. The van der Waals surface area contributed by atoms with E-state index in [0.29, 0.717) is 5.92 Å². The highest BCUT2D eigenvalue weighted by Crippen LogP contribution is 2.40. The predicted octanol–water partition coefficient (Wildman–Crippen LogP) is 3.78. The van der Waals surface area contributed by atoms with Gasteiger partial charge in [-0.3, -0.25) is 0 Å². The second-order valence-electron chi connectivity index (χ2n) is 5.96. The molecular weight excluding hydrogens is 274 g/mol. The summed E-state index contributed by atoms with van der Waals surface area (Å²) in [5.74, 6) is 1.36. The topological polar surface area (TPSA) is 21.7 Å². The molecule has 116 valence electrons. The van der Waals surface area contributed by atoms with E-state index in [9.17, 15) is 0 Å². The molecule has 0 aromatic heterocycles. The SMILES string of the molecule is CON(C)CC1Cc2ccccc2C1Oc1ccccc1C. The number of hydrogen-bond acceptors (Lipinski definition) is 3. The molecule has 3 heteroatoms. The molecule has 2 aromatic rings. The van der Waals surface area contributed by atoms with Crippen LogP contribution < -0.4 is 4.74 Å². The first kappa shape index (κ1) is 15.1. The fraction of sp³-hybridized carbons (Fsp3) is 0.368. The van der Waals surface area contributed by atoms with Gasteiger partial charge in [0.1, 0.15) is 11.9 Å². The van der Waals surface area contributed by atoms with Gasteiger partial charge < -0.3 is 9.57 Å². The van der Waals surface area contributed by atoms with Crippen molar-refractivity contribution in [3.05, 3.63) is 65.2 Å². The normalized spacial score (nSPS) is 20.2. The molecule has 1 aliphatic rings. The Morgan fingerprint density at radius 2 is 1.82 bits per heavy atom. The number of aryl methyl sites for hydroxylation is 1. The molecule has 0 amide bonds. The minimum atomic E-state index is 0.0786. The van der Waals surface area contributed by atoms with Crippen molar-refractivity contribution in [1.82, 2.24) is 5.06 Å². The van der Waals surface area contributed by atoms with Crippen LogP contribution in [0.5, 0.6) is 5.75 Å². The van der Waals surface area contributed by atoms with Crippen molar-refractivity contribution in [1.29, 1.82) is 0 Å². The van der Waals surface area contributed by atoms with Gasteiger partial charge >= 0.3 is 0 Å². The number of nitrogens with zero attached hydrogens (tertiary/aromatic N) is 1. The smallest absolute Gasteiger partial charge is 0.128 e. The molecule has 0 fully saturated rings. The molecule has 0 spiro atoms. The summed E-state index contributed by atoms with van der Waals surface area (Å²) in [5, 5.41) is 1.88. The quantitative estimate of drug-likeness (QED) is 0.784. The second-order valence-corrected chi connectivity index (χ2v) is 5.96. The van der Waals surface area contributed by atoms with Gasteiger partial charge in [-0.2, -0.15) is 5.06 Å². The van der Waals surface area contributed by atoms with Gasteiger partial charge in [0.05, 0.1) is 7.11 Å². The van der Waals surface area contributed by atoms with Gasteiger partial charge in [-0.05, 0) is 36.1 Å². The zero-order chi connectivity index (χ0) is 15.5. The summed E-state index contributed by atoms with van der Waals surface area (Å²) in [5.41, 5.74) is 3.86. The maximum Gasteiger partial charge on any atom is 0.128 e. The van der Waals surface area contributed by atoms with Gasteiger partial charge in [0.2, 0.25) is 0 Å². The Morgan fingerprint density at radius 1 is 1.09 bits per heavy atom. The van der Waals surface area contributed by atoms with Gasteiger partial charge in [0.15, 0.2) is 0 Å². The third kappa shape index (κ3) is 3.01. The van der Waals surface area contributed by atoms with E-state index in [1.165, 1.54) is 16.7 Å². The molecule has 2 unspecified atom stereocenters. The molecule has 1 aliphatic carbocycles. The summed E-state index contributed by atoms with van der Waals surface area (Å²) in [7, 11) is 3.67. The maximum atomic E-state index is 6.41. The fourth-order valence-electron chi connectivity index (χ4n) is 3.19. The molecular formula is C19H23NO2. The van der Waals surface area contributed by atoms with E-state index in [2.05, 4.69) is 37.3 Å². The highest BCUT2D eigenvalue weighted by atomic mass is 16.7. The van der Waals surface area contributed by atoms with Crippen LogP contribution in [-0.4, -0.2) is 25.8 Å². The van der Waals surface area contributed by atoms with Crippen molar-refractivity contribution in [3.63, 3.8) is 0 Å². The monoisotopic (exact) mass is 297 g/mol. The maximum absolute atomic E-state index is 6.41. The predicted molar refractivity (Wildman–Crippen MR) is 87.8 cm³/mol. The van der Waals surface area contributed by atoms with Crippen molar-refractivity contribution >= 4 is 0 Å². The molecule has 22 heavy (non-hydrogen) atoms. The summed E-state index contributed by atoms with van der Waals surface area (Å²) in [6.07, 6.45) is 1.11. The van der Waals surface area contributed by atoms with Crippen LogP contribution in [0.4, 0.5) is 0 Å². The molecule has 3 nitrogen and oxygen atoms in total. The number of fused-ring (bicyclic) bond motifs is 1. The Kier molecular flexibility index (Phi) is 4.46. The van der Waals surface area contributed by atoms with Crippen LogP contribution >= 0.6 is 0 Å². The van der Waals surface area contributed by atoms with E-state index in [4.69, 9.17) is 9.57 Å². The van der Waals surface area contributed by atoms with E-state index in [-0.39, 0.29) is 6.10 Å². The molecule has 0 N–H and O–H groups in total. The lowest BCUT2D eigenvalue weighted by Gasteiger charge is -2.26. The first-order valence-electron chi connectivity index (χ1n) is 7.74. The Balaban J connectivity index is 1.88. The summed E-state index contributed by atoms with van der Waals surface area (Å²) in [4.78, 5) is 5.31. The van der Waals surface area contributed by atoms with Crippen molar-refractivity contribution in [3.8, 4) is 5.75 Å². The van der Waals surface area contributed by atoms with Gasteiger partial charge in [-0.25, -0.2) is 0 Å². The zero-order valence-corrected chi connectivity index (χ0v) is 13.5. The third-order valence-electron chi connectivity index (χ3n) is 4.42. The van der Waals surface area contributed by atoms with Gasteiger partial charge in [0.25, 0.3) is 0 Å². The Hall–Kier alpha value is -1.84. The molecule has 3 rings (SSSR count). The number of rotatable bonds is 5. The van der Waals surface area contributed by atoms with Crippen LogP contribution in [0.3, 0.4) is 0 Å². The third-order valence-corrected chi connectivity index (χ3v) is 4.42. The first-order chi connectivity index (χ1) is 10.7.